The highest BCUT2D eigenvalue weighted by Crippen LogP contribution is 2.22. The standard InChI is InChI=1S/C15H10N4O3/c20-15(21)22-11-7-16-19(8-11)14-17-12-5-9-3-1-2-4-10(9)6-13(12)18-14/h1-8H,(H,17,18)(H,20,21). The van der Waals surface area contributed by atoms with Gasteiger partial charge in [-0.15, -0.1) is 0 Å². The van der Waals surface area contributed by atoms with Gasteiger partial charge in [0, 0.05) is 0 Å². The molecule has 0 radical (unpaired) electrons. The number of aromatic amines is 1. The molecule has 0 spiro atoms. The van der Waals surface area contributed by atoms with Gasteiger partial charge in [0.15, 0.2) is 5.75 Å². The molecule has 2 heterocycles. The van der Waals surface area contributed by atoms with E-state index in [2.05, 4.69) is 19.8 Å². The number of rotatable bonds is 2. The number of ether oxygens (including phenoxy) is 1. The molecule has 0 aliphatic heterocycles. The second-order valence-corrected chi connectivity index (χ2v) is 4.77. The third-order valence-electron chi connectivity index (χ3n) is 3.32. The summed E-state index contributed by atoms with van der Waals surface area (Å²) in [7, 11) is 0. The normalized spacial score (nSPS) is 11.1. The van der Waals surface area contributed by atoms with Gasteiger partial charge in [-0.3, -0.25) is 0 Å². The van der Waals surface area contributed by atoms with Crippen molar-refractivity contribution in [3.63, 3.8) is 0 Å². The maximum absolute atomic E-state index is 10.5. The van der Waals surface area contributed by atoms with Gasteiger partial charge in [0.1, 0.15) is 0 Å². The van der Waals surface area contributed by atoms with Gasteiger partial charge < -0.3 is 14.8 Å². The van der Waals surface area contributed by atoms with Crippen LogP contribution in [0, 0.1) is 0 Å². The summed E-state index contributed by atoms with van der Waals surface area (Å²) in [4.78, 5) is 18.1. The van der Waals surface area contributed by atoms with Crippen molar-refractivity contribution >= 4 is 28.0 Å². The number of carboxylic acid groups (broad SMARTS) is 1. The first-order valence-electron chi connectivity index (χ1n) is 6.53. The van der Waals surface area contributed by atoms with Crippen LogP contribution in [-0.2, 0) is 0 Å². The molecule has 4 aromatic rings. The zero-order valence-corrected chi connectivity index (χ0v) is 11.2. The molecule has 0 bridgehead atoms. The third-order valence-corrected chi connectivity index (χ3v) is 3.32. The SMILES string of the molecule is O=C(O)Oc1cnn(-c2nc3cc4ccccc4cc3[nH]2)c1. The van der Waals surface area contributed by atoms with E-state index in [0.29, 0.717) is 5.95 Å². The highest BCUT2D eigenvalue weighted by molar-refractivity contribution is 5.95. The van der Waals surface area contributed by atoms with Crippen LogP contribution < -0.4 is 4.74 Å². The zero-order valence-electron chi connectivity index (χ0n) is 11.2. The number of nitrogens with zero attached hydrogens (tertiary/aromatic N) is 3. The molecule has 2 aromatic heterocycles. The Bertz CT molecular complexity index is 950. The Balaban J connectivity index is 1.80. The van der Waals surface area contributed by atoms with Crippen LogP contribution in [0.5, 0.6) is 5.75 Å². The maximum atomic E-state index is 10.5. The summed E-state index contributed by atoms with van der Waals surface area (Å²) in [5.74, 6) is 0.628. The quantitative estimate of drug-likeness (QED) is 0.554. The largest absolute Gasteiger partial charge is 0.511 e. The van der Waals surface area contributed by atoms with E-state index in [4.69, 9.17) is 5.11 Å². The number of aromatic nitrogens is 4. The molecule has 7 nitrogen and oxygen atoms in total. The van der Waals surface area contributed by atoms with Gasteiger partial charge >= 0.3 is 6.16 Å². The molecule has 0 aliphatic rings. The molecule has 0 fully saturated rings. The van der Waals surface area contributed by atoms with E-state index in [-0.39, 0.29) is 5.75 Å². The number of nitrogens with one attached hydrogen (secondary N) is 1. The van der Waals surface area contributed by atoms with Crippen molar-refractivity contribution in [3.8, 4) is 11.7 Å². The van der Waals surface area contributed by atoms with Crippen LogP contribution in [0.2, 0.25) is 0 Å². The molecule has 2 N–H and O–H groups in total. The zero-order chi connectivity index (χ0) is 15.1. The molecule has 0 aliphatic carbocycles. The minimum atomic E-state index is -1.38. The molecular formula is C15H10N4O3. The molecule has 108 valence electrons. The van der Waals surface area contributed by atoms with Gasteiger partial charge in [-0.05, 0) is 22.9 Å². The summed E-state index contributed by atoms with van der Waals surface area (Å²) in [5.41, 5.74) is 1.69. The fourth-order valence-electron chi connectivity index (χ4n) is 2.37. The predicted molar refractivity (Wildman–Crippen MR) is 79.4 cm³/mol. The summed E-state index contributed by atoms with van der Waals surface area (Å²) in [6.45, 7) is 0. The molecular weight excluding hydrogens is 284 g/mol. The summed E-state index contributed by atoms with van der Waals surface area (Å²) in [6.07, 6.45) is 1.39. The Kier molecular flexibility index (Phi) is 2.59. The highest BCUT2D eigenvalue weighted by Gasteiger charge is 2.10. The maximum Gasteiger partial charge on any atom is 0.511 e. The second-order valence-electron chi connectivity index (χ2n) is 4.77. The molecule has 0 unspecified atom stereocenters. The minimum Gasteiger partial charge on any atom is -0.449 e. The van der Waals surface area contributed by atoms with Crippen LogP contribution in [0.3, 0.4) is 0 Å². The van der Waals surface area contributed by atoms with Crippen LogP contribution in [0.15, 0.2) is 48.8 Å². The topological polar surface area (TPSA) is 93.0 Å². The molecule has 22 heavy (non-hydrogen) atoms. The van der Waals surface area contributed by atoms with Crippen molar-refractivity contribution in [1.29, 1.82) is 0 Å². The van der Waals surface area contributed by atoms with Crippen LogP contribution in [0.1, 0.15) is 0 Å². The minimum absolute atomic E-state index is 0.137. The first kappa shape index (κ1) is 12.4. The van der Waals surface area contributed by atoms with Crippen LogP contribution in [0.4, 0.5) is 4.79 Å². The van der Waals surface area contributed by atoms with Crippen molar-refractivity contribution in [1.82, 2.24) is 19.7 Å². The number of hydrogen-bond acceptors (Lipinski definition) is 4. The van der Waals surface area contributed by atoms with E-state index < -0.39 is 6.16 Å². The van der Waals surface area contributed by atoms with Crippen molar-refractivity contribution in [2.45, 2.75) is 0 Å². The van der Waals surface area contributed by atoms with Crippen molar-refractivity contribution in [2.75, 3.05) is 0 Å². The number of hydrogen-bond donors (Lipinski definition) is 2. The lowest BCUT2D eigenvalue weighted by Gasteiger charge is -1.95. The van der Waals surface area contributed by atoms with E-state index >= 15 is 0 Å². The molecule has 0 amide bonds. The molecule has 4 rings (SSSR count). The number of fused-ring (bicyclic) bond motifs is 2. The lowest BCUT2D eigenvalue weighted by Crippen LogP contribution is -2.02. The fourth-order valence-corrected chi connectivity index (χ4v) is 2.37. The predicted octanol–water partition coefficient (Wildman–Crippen LogP) is 2.96. The van der Waals surface area contributed by atoms with Crippen LogP contribution >= 0.6 is 0 Å². The van der Waals surface area contributed by atoms with Gasteiger partial charge in [-0.1, -0.05) is 24.3 Å². The Morgan fingerprint density at radius 1 is 1.23 bits per heavy atom. The molecule has 0 saturated carbocycles. The Morgan fingerprint density at radius 3 is 2.77 bits per heavy atom. The third kappa shape index (κ3) is 2.05. The molecule has 7 heteroatoms. The van der Waals surface area contributed by atoms with Gasteiger partial charge in [-0.2, -0.15) is 5.10 Å². The summed E-state index contributed by atoms with van der Waals surface area (Å²) in [5, 5.41) is 14.8. The van der Waals surface area contributed by atoms with Crippen LogP contribution in [-0.4, -0.2) is 31.0 Å². The van der Waals surface area contributed by atoms with E-state index in [1.807, 2.05) is 36.4 Å². The second kappa shape index (κ2) is 4.59. The average molecular weight is 294 g/mol. The summed E-state index contributed by atoms with van der Waals surface area (Å²) in [6, 6.07) is 12.0. The monoisotopic (exact) mass is 294 g/mol. The smallest absolute Gasteiger partial charge is 0.449 e. The van der Waals surface area contributed by atoms with Gasteiger partial charge in [0.25, 0.3) is 0 Å². The Hall–Kier alpha value is -3.35. The van der Waals surface area contributed by atoms with E-state index in [1.165, 1.54) is 17.1 Å². The lowest BCUT2D eigenvalue weighted by molar-refractivity contribution is 0.144. The fraction of sp³-hybridized carbons (Fsp3) is 0. The molecule has 0 atom stereocenters. The first-order valence-corrected chi connectivity index (χ1v) is 6.53. The van der Waals surface area contributed by atoms with E-state index in [1.54, 1.807) is 0 Å². The first-order chi connectivity index (χ1) is 10.7. The number of carbonyl (C=O) groups is 1. The van der Waals surface area contributed by atoms with E-state index in [9.17, 15) is 4.79 Å². The van der Waals surface area contributed by atoms with Crippen molar-refractivity contribution in [3.05, 3.63) is 48.8 Å². The Morgan fingerprint density at radius 2 is 2.00 bits per heavy atom. The summed E-state index contributed by atoms with van der Waals surface area (Å²) >= 11 is 0. The Labute approximate surface area is 123 Å². The summed E-state index contributed by atoms with van der Waals surface area (Å²) < 4.78 is 5.98. The highest BCUT2D eigenvalue weighted by atomic mass is 16.7. The van der Waals surface area contributed by atoms with Crippen molar-refractivity contribution in [2.24, 2.45) is 0 Å². The van der Waals surface area contributed by atoms with Crippen LogP contribution in [0.25, 0.3) is 27.8 Å². The van der Waals surface area contributed by atoms with Gasteiger partial charge in [0.2, 0.25) is 5.95 Å². The number of imidazole rings is 1. The number of H-pyrrole nitrogens is 1. The van der Waals surface area contributed by atoms with E-state index in [0.717, 1.165) is 21.8 Å². The molecule has 0 saturated heterocycles. The average Bonchev–Trinajstić information content (AvgIpc) is 3.10. The van der Waals surface area contributed by atoms with Gasteiger partial charge in [-0.25, -0.2) is 14.5 Å². The lowest BCUT2D eigenvalue weighted by atomic mass is 10.1. The molecule has 2 aromatic carbocycles. The number of benzene rings is 2. The van der Waals surface area contributed by atoms with Crippen molar-refractivity contribution < 1.29 is 14.6 Å². The van der Waals surface area contributed by atoms with Gasteiger partial charge in [0.05, 0.1) is 23.4 Å².